The van der Waals surface area contributed by atoms with Crippen LogP contribution in [0.3, 0.4) is 0 Å². The summed E-state index contributed by atoms with van der Waals surface area (Å²) in [6.45, 7) is 0.700. The smallest absolute Gasteiger partial charge is 0.125 e. The predicted molar refractivity (Wildman–Crippen MR) is 53.8 cm³/mol. The number of fused-ring (bicyclic) bond motifs is 1. The molecule has 2 rings (SSSR count). The Labute approximate surface area is 85.7 Å². The Bertz CT molecular complexity index is 312. The minimum atomic E-state index is -0.380. The van der Waals surface area contributed by atoms with E-state index < -0.39 is 0 Å². The van der Waals surface area contributed by atoms with Crippen LogP contribution in [0, 0.1) is 0 Å². The topological polar surface area (TPSA) is 29.5 Å². The molecule has 0 unspecified atom stereocenters. The molecule has 0 saturated carbocycles. The zero-order valence-electron chi connectivity index (χ0n) is 7.16. The lowest BCUT2D eigenvalue weighted by molar-refractivity contribution is 0.167. The molecule has 0 aliphatic carbocycles. The second-order valence-corrected chi connectivity index (χ2v) is 4.10. The first-order chi connectivity index (χ1) is 6.27. The van der Waals surface area contributed by atoms with Gasteiger partial charge in [0.2, 0.25) is 0 Å². The number of halogens is 1. The van der Waals surface area contributed by atoms with Gasteiger partial charge in [-0.05, 0) is 31.0 Å². The molecule has 1 atom stereocenters. The number of aliphatic hydroxyl groups is 1. The molecule has 1 N–H and O–H groups in total. The lowest BCUT2D eigenvalue weighted by atomic mass is 10.1. The number of hydrogen-bond donors (Lipinski definition) is 1. The van der Waals surface area contributed by atoms with Crippen molar-refractivity contribution in [3.05, 3.63) is 28.2 Å². The summed E-state index contributed by atoms with van der Waals surface area (Å²) >= 11 is 3.38. The van der Waals surface area contributed by atoms with E-state index in [0.29, 0.717) is 6.61 Å². The quantitative estimate of drug-likeness (QED) is 0.759. The maximum atomic E-state index is 9.76. The number of hydrogen-bond acceptors (Lipinski definition) is 2. The summed E-state index contributed by atoms with van der Waals surface area (Å²) in [5.41, 5.74) is 0.895. The molecule has 0 spiro atoms. The van der Waals surface area contributed by atoms with E-state index >= 15 is 0 Å². The minimum Gasteiger partial charge on any atom is -0.493 e. The van der Waals surface area contributed by atoms with Crippen molar-refractivity contribution >= 4 is 15.9 Å². The largest absolute Gasteiger partial charge is 0.493 e. The van der Waals surface area contributed by atoms with Gasteiger partial charge >= 0.3 is 0 Å². The number of ether oxygens (including phenoxy) is 1. The summed E-state index contributed by atoms with van der Waals surface area (Å²) in [5.74, 6) is 0.813. The first-order valence-corrected chi connectivity index (χ1v) is 5.17. The van der Waals surface area contributed by atoms with Crippen molar-refractivity contribution in [1.82, 2.24) is 0 Å². The van der Waals surface area contributed by atoms with E-state index in [4.69, 9.17) is 4.74 Å². The summed E-state index contributed by atoms with van der Waals surface area (Å²) in [7, 11) is 0. The van der Waals surface area contributed by atoms with Crippen LogP contribution in [-0.2, 0) is 0 Å². The van der Waals surface area contributed by atoms with Crippen LogP contribution in [0.1, 0.15) is 24.5 Å². The molecule has 2 nitrogen and oxygen atoms in total. The van der Waals surface area contributed by atoms with Crippen molar-refractivity contribution in [2.24, 2.45) is 0 Å². The van der Waals surface area contributed by atoms with E-state index in [0.717, 1.165) is 28.6 Å². The van der Waals surface area contributed by atoms with Crippen molar-refractivity contribution in [2.45, 2.75) is 18.9 Å². The van der Waals surface area contributed by atoms with Gasteiger partial charge in [0.05, 0.1) is 12.7 Å². The van der Waals surface area contributed by atoms with E-state index in [1.54, 1.807) is 0 Å². The van der Waals surface area contributed by atoms with Gasteiger partial charge in [-0.3, -0.25) is 0 Å². The van der Waals surface area contributed by atoms with E-state index in [1.807, 2.05) is 18.2 Å². The molecule has 1 aliphatic heterocycles. The fraction of sp³-hybridized carbons (Fsp3) is 0.400. The molecule has 3 heteroatoms. The van der Waals surface area contributed by atoms with Crippen LogP contribution in [0.5, 0.6) is 5.75 Å². The summed E-state index contributed by atoms with van der Waals surface area (Å²) in [6.07, 6.45) is 1.31. The predicted octanol–water partition coefficient (Wildman–Crippen LogP) is 2.66. The summed E-state index contributed by atoms with van der Waals surface area (Å²) in [4.78, 5) is 0. The molecule has 0 radical (unpaired) electrons. The van der Waals surface area contributed by atoms with Crippen LogP contribution < -0.4 is 4.74 Å². The molecule has 1 aliphatic rings. The van der Waals surface area contributed by atoms with Crippen molar-refractivity contribution in [3.63, 3.8) is 0 Å². The van der Waals surface area contributed by atoms with Gasteiger partial charge in [-0.15, -0.1) is 0 Å². The Morgan fingerprint density at radius 1 is 1.46 bits per heavy atom. The normalized spacial score (nSPS) is 21.5. The SMILES string of the molecule is O[C@H]1CCCOc2ccc(Br)cc21. The average molecular weight is 243 g/mol. The lowest BCUT2D eigenvalue weighted by Crippen LogP contribution is -1.95. The first kappa shape index (κ1) is 9.03. The molecular formula is C10H11BrO2. The van der Waals surface area contributed by atoms with Gasteiger partial charge < -0.3 is 9.84 Å². The Balaban J connectivity index is 2.43. The van der Waals surface area contributed by atoms with Crippen LogP contribution in [0.25, 0.3) is 0 Å². The summed E-state index contributed by atoms with van der Waals surface area (Å²) in [6, 6.07) is 5.75. The lowest BCUT2D eigenvalue weighted by Gasteiger charge is -2.10. The van der Waals surface area contributed by atoms with Crippen LogP contribution in [0.2, 0.25) is 0 Å². The van der Waals surface area contributed by atoms with Crippen molar-refractivity contribution in [2.75, 3.05) is 6.61 Å². The summed E-state index contributed by atoms with van der Waals surface area (Å²) in [5, 5.41) is 9.76. The monoisotopic (exact) mass is 242 g/mol. The van der Waals surface area contributed by atoms with Crippen LogP contribution in [0.4, 0.5) is 0 Å². The van der Waals surface area contributed by atoms with Gasteiger partial charge in [-0.2, -0.15) is 0 Å². The van der Waals surface area contributed by atoms with Gasteiger partial charge in [-0.25, -0.2) is 0 Å². The molecule has 0 amide bonds. The maximum Gasteiger partial charge on any atom is 0.125 e. The highest BCUT2D eigenvalue weighted by Gasteiger charge is 2.17. The second-order valence-electron chi connectivity index (χ2n) is 3.19. The van der Waals surface area contributed by atoms with Crippen molar-refractivity contribution in [3.8, 4) is 5.75 Å². The molecule has 1 aromatic carbocycles. The van der Waals surface area contributed by atoms with E-state index in [1.165, 1.54) is 0 Å². The molecule has 0 fully saturated rings. The van der Waals surface area contributed by atoms with Gasteiger partial charge in [0.15, 0.2) is 0 Å². The highest BCUT2D eigenvalue weighted by atomic mass is 79.9. The Morgan fingerprint density at radius 2 is 2.31 bits per heavy atom. The second kappa shape index (κ2) is 3.68. The standard InChI is InChI=1S/C10H11BrO2/c11-7-3-4-10-8(6-7)9(12)2-1-5-13-10/h3-4,6,9,12H,1-2,5H2/t9-/m0/s1. The molecule has 70 valence electrons. The zero-order valence-corrected chi connectivity index (χ0v) is 8.75. The highest BCUT2D eigenvalue weighted by Crippen LogP contribution is 2.33. The fourth-order valence-electron chi connectivity index (χ4n) is 1.53. The minimum absolute atomic E-state index is 0.380. The first-order valence-electron chi connectivity index (χ1n) is 4.37. The molecule has 0 saturated heterocycles. The number of benzene rings is 1. The Morgan fingerprint density at radius 3 is 3.15 bits per heavy atom. The van der Waals surface area contributed by atoms with Crippen LogP contribution in [0.15, 0.2) is 22.7 Å². The number of aliphatic hydroxyl groups excluding tert-OH is 1. The van der Waals surface area contributed by atoms with E-state index in [-0.39, 0.29) is 6.10 Å². The summed E-state index contributed by atoms with van der Waals surface area (Å²) < 4.78 is 6.48. The third kappa shape index (κ3) is 1.86. The Hall–Kier alpha value is -0.540. The van der Waals surface area contributed by atoms with Crippen molar-refractivity contribution in [1.29, 1.82) is 0 Å². The van der Waals surface area contributed by atoms with E-state index in [9.17, 15) is 5.11 Å². The van der Waals surface area contributed by atoms with Gasteiger partial charge in [-0.1, -0.05) is 15.9 Å². The maximum absolute atomic E-state index is 9.76. The zero-order chi connectivity index (χ0) is 9.26. The third-order valence-electron chi connectivity index (χ3n) is 2.21. The third-order valence-corrected chi connectivity index (χ3v) is 2.70. The average Bonchev–Trinajstić information content (AvgIpc) is 2.29. The van der Waals surface area contributed by atoms with Crippen LogP contribution >= 0.6 is 15.9 Å². The number of rotatable bonds is 0. The van der Waals surface area contributed by atoms with Gasteiger partial charge in [0, 0.05) is 10.0 Å². The highest BCUT2D eigenvalue weighted by molar-refractivity contribution is 9.10. The Kier molecular flexibility index (Phi) is 2.56. The fourth-order valence-corrected chi connectivity index (χ4v) is 1.90. The van der Waals surface area contributed by atoms with Gasteiger partial charge in [0.25, 0.3) is 0 Å². The molecule has 0 bridgehead atoms. The van der Waals surface area contributed by atoms with Crippen LogP contribution in [-0.4, -0.2) is 11.7 Å². The molecule has 13 heavy (non-hydrogen) atoms. The van der Waals surface area contributed by atoms with Gasteiger partial charge in [0.1, 0.15) is 5.75 Å². The molecule has 1 aromatic rings. The molecular weight excluding hydrogens is 232 g/mol. The van der Waals surface area contributed by atoms with Crippen molar-refractivity contribution < 1.29 is 9.84 Å². The molecule has 0 aromatic heterocycles. The molecule has 1 heterocycles. The van der Waals surface area contributed by atoms with E-state index in [2.05, 4.69) is 15.9 Å².